The Labute approximate surface area is 146 Å². The number of rotatable bonds is 5. The number of imidazole rings is 1. The van der Waals surface area contributed by atoms with Gasteiger partial charge in [0.2, 0.25) is 0 Å². The fraction of sp³-hybridized carbons (Fsp3) is 0.471. The summed E-state index contributed by atoms with van der Waals surface area (Å²) in [5, 5.41) is 3.03. The van der Waals surface area contributed by atoms with Crippen LogP contribution in [0.2, 0.25) is 0 Å². The summed E-state index contributed by atoms with van der Waals surface area (Å²) in [4.78, 5) is 7.04. The van der Waals surface area contributed by atoms with E-state index in [-0.39, 0.29) is 23.4 Å². The second kappa shape index (κ2) is 7.30. The van der Waals surface area contributed by atoms with Crippen LogP contribution in [0.4, 0.5) is 26.3 Å². The van der Waals surface area contributed by atoms with E-state index in [2.05, 4.69) is 15.3 Å². The number of hydrogen-bond donors (Lipinski definition) is 2. The first-order valence-corrected chi connectivity index (χ1v) is 7.94. The summed E-state index contributed by atoms with van der Waals surface area (Å²) in [6, 6.07) is 1.27. The average molecular weight is 379 g/mol. The predicted molar refractivity (Wildman–Crippen MR) is 85.3 cm³/mol. The molecule has 1 aromatic carbocycles. The molecule has 0 saturated carbocycles. The zero-order valence-electron chi connectivity index (χ0n) is 14.4. The Hall–Kier alpha value is -2.03. The highest BCUT2D eigenvalue weighted by Gasteiger charge is 2.37. The van der Waals surface area contributed by atoms with Gasteiger partial charge in [-0.2, -0.15) is 26.3 Å². The lowest BCUT2D eigenvalue weighted by Gasteiger charge is -2.16. The van der Waals surface area contributed by atoms with Crippen LogP contribution in [0.1, 0.15) is 43.3 Å². The molecule has 0 fully saturated rings. The van der Waals surface area contributed by atoms with Crippen molar-refractivity contribution < 1.29 is 26.3 Å². The molecule has 2 aromatic rings. The number of nitrogens with zero attached hydrogens (tertiary/aromatic N) is 1. The molecule has 0 bridgehead atoms. The van der Waals surface area contributed by atoms with Gasteiger partial charge in [-0.15, -0.1) is 0 Å². The number of H-pyrrole nitrogens is 1. The van der Waals surface area contributed by atoms with Gasteiger partial charge in [-0.25, -0.2) is 4.98 Å². The minimum atomic E-state index is -4.89. The molecular formula is C17H19F6N3. The fourth-order valence-corrected chi connectivity index (χ4v) is 2.60. The maximum atomic E-state index is 13.0. The Morgan fingerprint density at radius 3 is 1.96 bits per heavy atom. The summed E-state index contributed by atoms with van der Waals surface area (Å²) in [5.41, 5.74) is -2.94. The standard InChI is InChI=1S/C17H19F6N3/c1-9(2)4-13(24-3)15-25-8-14(26-15)10-5-11(16(18,19)20)7-12(6-10)17(21,22)23/h5-9,13,24H,4H2,1-3H3,(H,25,26)/t13-/m1/s1. The first-order chi connectivity index (χ1) is 11.9. The van der Waals surface area contributed by atoms with Gasteiger partial charge in [0, 0.05) is 11.8 Å². The van der Waals surface area contributed by atoms with Gasteiger partial charge < -0.3 is 10.3 Å². The van der Waals surface area contributed by atoms with Crippen molar-refractivity contribution in [3.8, 4) is 11.3 Å². The van der Waals surface area contributed by atoms with E-state index >= 15 is 0 Å². The van der Waals surface area contributed by atoms with Crippen molar-refractivity contribution in [1.29, 1.82) is 0 Å². The second-order valence-electron chi connectivity index (χ2n) is 6.44. The Kier molecular flexibility index (Phi) is 5.70. The monoisotopic (exact) mass is 379 g/mol. The lowest BCUT2D eigenvalue weighted by atomic mass is 10.0. The van der Waals surface area contributed by atoms with Gasteiger partial charge in [0.25, 0.3) is 0 Å². The maximum absolute atomic E-state index is 13.0. The van der Waals surface area contributed by atoms with E-state index in [1.165, 1.54) is 6.20 Å². The zero-order valence-corrected chi connectivity index (χ0v) is 14.4. The van der Waals surface area contributed by atoms with Crippen LogP contribution in [0.5, 0.6) is 0 Å². The number of alkyl halides is 6. The summed E-state index contributed by atoms with van der Waals surface area (Å²) in [6.45, 7) is 3.99. The van der Waals surface area contributed by atoms with Crippen LogP contribution < -0.4 is 5.32 Å². The number of nitrogens with one attached hydrogen (secondary N) is 2. The zero-order chi connectivity index (χ0) is 19.7. The highest BCUT2D eigenvalue weighted by Crippen LogP contribution is 2.38. The van der Waals surface area contributed by atoms with Gasteiger partial charge in [0.15, 0.2) is 0 Å². The van der Waals surface area contributed by atoms with Crippen LogP contribution in [0.3, 0.4) is 0 Å². The number of hydrogen-bond acceptors (Lipinski definition) is 2. The molecule has 9 heteroatoms. The van der Waals surface area contributed by atoms with Crippen molar-refractivity contribution in [2.75, 3.05) is 7.05 Å². The molecule has 0 saturated heterocycles. The van der Waals surface area contributed by atoms with Crippen molar-refractivity contribution >= 4 is 0 Å². The number of halogens is 6. The highest BCUT2D eigenvalue weighted by molar-refractivity contribution is 5.61. The van der Waals surface area contributed by atoms with Crippen molar-refractivity contribution in [2.24, 2.45) is 5.92 Å². The Bertz CT molecular complexity index is 713. The van der Waals surface area contributed by atoms with Crippen molar-refractivity contribution in [3.63, 3.8) is 0 Å². The van der Waals surface area contributed by atoms with Crippen LogP contribution in [0.15, 0.2) is 24.4 Å². The summed E-state index contributed by atoms with van der Waals surface area (Å²) in [7, 11) is 1.71. The van der Waals surface area contributed by atoms with Gasteiger partial charge in [-0.1, -0.05) is 13.8 Å². The van der Waals surface area contributed by atoms with E-state index in [4.69, 9.17) is 0 Å². The third-order valence-corrected chi connectivity index (χ3v) is 3.87. The molecule has 0 aliphatic rings. The summed E-state index contributed by atoms with van der Waals surface area (Å²) in [5.74, 6) is 0.786. The SMILES string of the molecule is CN[C@H](CC(C)C)c1nc(-c2cc(C(F)(F)F)cc(C(F)(F)F)c2)c[nH]1. The third-order valence-electron chi connectivity index (χ3n) is 3.87. The number of aromatic nitrogens is 2. The molecule has 1 heterocycles. The summed E-state index contributed by atoms with van der Waals surface area (Å²) >= 11 is 0. The third kappa shape index (κ3) is 4.78. The molecule has 144 valence electrons. The molecular weight excluding hydrogens is 360 g/mol. The normalized spacial score (nSPS) is 14.1. The molecule has 0 spiro atoms. The smallest absolute Gasteiger partial charge is 0.347 e. The van der Waals surface area contributed by atoms with E-state index in [0.29, 0.717) is 30.3 Å². The van der Waals surface area contributed by atoms with Crippen molar-refractivity contribution in [3.05, 3.63) is 41.3 Å². The molecule has 2 rings (SSSR count). The minimum absolute atomic E-state index is 0.0283. The largest absolute Gasteiger partial charge is 0.416 e. The Morgan fingerprint density at radius 2 is 1.54 bits per heavy atom. The number of aromatic amines is 1. The van der Waals surface area contributed by atoms with Crippen LogP contribution in [0.25, 0.3) is 11.3 Å². The molecule has 3 nitrogen and oxygen atoms in total. The van der Waals surface area contributed by atoms with Crippen LogP contribution in [-0.4, -0.2) is 17.0 Å². The van der Waals surface area contributed by atoms with Gasteiger partial charge in [-0.3, -0.25) is 0 Å². The van der Waals surface area contributed by atoms with Gasteiger partial charge in [0.1, 0.15) is 5.82 Å². The topological polar surface area (TPSA) is 40.7 Å². The average Bonchev–Trinajstić information content (AvgIpc) is 3.00. The molecule has 2 N–H and O–H groups in total. The van der Waals surface area contributed by atoms with Gasteiger partial charge >= 0.3 is 12.4 Å². The predicted octanol–water partition coefficient (Wildman–Crippen LogP) is 5.42. The molecule has 1 atom stereocenters. The molecule has 0 radical (unpaired) electrons. The first kappa shape index (κ1) is 20.3. The molecule has 26 heavy (non-hydrogen) atoms. The molecule has 0 unspecified atom stereocenters. The van der Waals surface area contributed by atoms with E-state index in [0.717, 1.165) is 0 Å². The maximum Gasteiger partial charge on any atom is 0.416 e. The molecule has 0 aliphatic heterocycles. The van der Waals surface area contributed by atoms with E-state index in [9.17, 15) is 26.3 Å². The van der Waals surface area contributed by atoms with Crippen LogP contribution >= 0.6 is 0 Å². The van der Waals surface area contributed by atoms with E-state index < -0.39 is 23.5 Å². The van der Waals surface area contributed by atoms with Crippen LogP contribution in [-0.2, 0) is 12.4 Å². The van der Waals surface area contributed by atoms with E-state index in [1.54, 1.807) is 7.05 Å². The Balaban J connectivity index is 2.48. The summed E-state index contributed by atoms with van der Waals surface area (Å²) in [6.07, 6.45) is -7.75. The van der Waals surface area contributed by atoms with Gasteiger partial charge in [0.05, 0.1) is 22.9 Å². The second-order valence-corrected chi connectivity index (χ2v) is 6.44. The fourth-order valence-electron chi connectivity index (χ4n) is 2.60. The van der Waals surface area contributed by atoms with E-state index in [1.807, 2.05) is 13.8 Å². The lowest BCUT2D eigenvalue weighted by molar-refractivity contribution is -0.143. The lowest BCUT2D eigenvalue weighted by Crippen LogP contribution is -2.19. The highest BCUT2D eigenvalue weighted by atomic mass is 19.4. The van der Waals surface area contributed by atoms with Crippen molar-refractivity contribution in [1.82, 2.24) is 15.3 Å². The van der Waals surface area contributed by atoms with Gasteiger partial charge in [-0.05, 0) is 37.6 Å². The quantitative estimate of drug-likeness (QED) is 0.681. The first-order valence-electron chi connectivity index (χ1n) is 7.94. The molecule has 1 aromatic heterocycles. The minimum Gasteiger partial charge on any atom is -0.347 e. The molecule has 0 amide bonds. The Morgan fingerprint density at radius 1 is 1.00 bits per heavy atom. The van der Waals surface area contributed by atoms with Crippen molar-refractivity contribution in [2.45, 2.75) is 38.7 Å². The summed E-state index contributed by atoms with van der Waals surface area (Å²) < 4.78 is 77.9. The van der Waals surface area contributed by atoms with Crippen LogP contribution in [0, 0.1) is 5.92 Å². The number of benzene rings is 1. The molecule has 0 aliphatic carbocycles.